The molecule has 0 radical (unpaired) electrons. The number of anilines is 1. The highest BCUT2D eigenvalue weighted by atomic mass is 28.3. The van der Waals surface area contributed by atoms with Crippen molar-refractivity contribution in [3.8, 4) is 11.5 Å². The average Bonchev–Trinajstić information content (AvgIpc) is 2.45. The Bertz CT molecular complexity index is 673. The molecule has 0 saturated heterocycles. The summed E-state index contributed by atoms with van der Waals surface area (Å²) in [4.78, 5) is 0. The van der Waals surface area contributed by atoms with E-state index in [1.165, 1.54) is 5.19 Å². The molecule has 4 heteroatoms. The first-order valence-corrected chi connectivity index (χ1v) is 11.1. The number of benzene rings is 2. The number of phenolic OH excluding ortho intramolecular Hbond substituents is 1. The second-order valence-corrected chi connectivity index (χ2v) is 12.4. The number of ether oxygens (including phenoxy) is 1. The summed E-state index contributed by atoms with van der Waals surface area (Å²) < 4.78 is 6.07. The van der Waals surface area contributed by atoms with Crippen molar-refractivity contribution >= 4 is 18.9 Å². The van der Waals surface area contributed by atoms with Crippen molar-refractivity contribution in [3.63, 3.8) is 0 Å². The van der Waals surface area contributed by atoms with E-state index in [2.05, 4.69) is 46.0 Å². The largest absolute Gasteiger partial charge is 0.508 e. The van der Waals surface area contributed by atoms with E-state index in [9.17, 15) is 5.11 Å². The van der Waals surface area contributed by atoms with Crippen molar-refractivity contribution < 1.29 is 9.84 Å². The normalized spacial score (nSPS) is 12.2. The second kappa shape index (κ2) is 6.28. The summed E-state index contributed by atoms with van der Waals surface area (Å²) in [5.74, 6) is 1.13. The fraction of sp³-hybridized carbons (Fsp3) is 0.368. The maximum Gasteiger partial charge on any atom is 0.124 e. The molecule has 3 nitrogen and oxygen atoms in total. The van der Waals surface area contributed by atoms with Gasteiger partial charge in [-0.2, -0.15) is 0 Å². The number of phenols is 1. The predicted molar refractivity (Wildman–Crippen MR) is 100 cm³/mol. The third-order valence-electron chi connectivity index (χ3n) is 4.07. The van der Waals surface area contributed by atoms with Crippen LogP contribution in [0.1, 0.15) is 26.3 Å². The summed E-state index contributed by atoms with van der Waals surface area (Å²) in [6.45, 7) is 10.8. The first-order chi connectivity index (χ1) is 10.6. The maximum atomic E-state index is 10.0. The lowest BCUT2D eigenvalue weighted by Crippen LogP contribution is -2.47. The molecule has 2 aromatic rings. The molecule has 0 aliphatic carbocycles. The van der Waals surface area contributed by atoms with Crippen LogP contribution < -0.4 is 15.7 Å². The van der Waals surface area contributed by atoms with Gasteiger partial charge in [0.05, 0.1) is 6.23 Å². The number of aromatic hydroxyl groups is 1. The van der Waals surface area contributed by atoms with Crippen LogP contribution in [-0.4, -0.2) is 19.4 Å². The Balaban J connectivity index is 2.15. The molecule has 0 saturated carbocycles. The minimum absolute atomic E-state index is 0.118. The molecule has 0 amide bonds. The van der Waals surface area contributed by atoms with Crippen LogP contribution in [0, 0.1) is 0 Å². The van der Waals surface area contributed by atoms with Gasteiger partial charge in [0.25, 0.3) is 0 Å². The van der Waals surface area contributed by atoms with Gasteiger partial charge in [-0.05, 0) is 35.7 Å². The highest BCUT2D eigenvalue weighted by molar-refractivity contribution is 6.89. The van der Waals surface area contributed by atoms with Crippen LogP contribution >= 0.6 is 0 Å². The molecule has 0 bridgehead atoms. The zero-order chi connectivity index (χ0) is 17.3. The van der Waals surface area contributed by atoms with Crippen LogP contribution in [0.2, 0.25) is 13.1 Å². The Hall–Kier alpha value is -1.94. The molecule has 124 valence electrons. The minimum Gasteiger partial charge on any atom is -0.508 e. The lowest BCUT2D eigenvalue weighted by Gasteiger charge is -2.25. The molecule has 2 aromatic carbocycles. The van der Waals surface area contributed by atoms with E-state index in [1.807, 2.05) is 24.3 Å². The van der Waals surface area contributed by atoms with E-state index in [1.54, 1.807) is 6.07 Å². The van der Waals surface area contributed by atoms with Gasteiger partial charge in [0.2, 0.25) is 0 Å². The first-order valence-electron chi connectivity index (χ1n) is 7.92. The van der Waals surface area contributed by atoms with Crippen LogP contribution in [0.25, 0.3) is 0 Å². The average molecular weight is 330 g/mol. The standard InChI is InChI=1S/C19H27NO2Si/c1-19(2,3)17-12-15(8-11-18(17)21)22-13-23(4,5)16-9-6-14(20)7-10-16/h6-12,21H,13,20H2,1-5H3. The Kier molecular flexibility index (Phi) is 4.75. The maximum absolute atomic E-state index is 10.0. The number of hydrogen-bond donors (Lipinski definition) is 2. The molecule has 0 atom stereocenters. The minimum atomic E-state index is -1.70. The quantitative estimate of drug-likeness (QED) is 0.662. The zero-order valence-corrected chi connectivity index (χ0v) is 15.7. The van der Waals surface area contributed by atoms with Gasteiger partial charge >= 0.3 is 0 Å². The van der Waals surface area contributed by atoms with Crippen LogP contribution in [-0.2, 0) is 5.41 Å². The van der Waals surface area contributed by atoms with Gasteiger partial charge in [-0.15, -0.1) is 0 Å². The summed E-state index contributed by atoms with van der Waals surface area (Å²) in [6.07, 6.45) is 0.686. The summed E-state index contributed by atoms with van der Waals surface area (Å²) in [5, 5.41) is 11.4. The van der Waals surface area contributed by atoms with Gasteiger partial charge in [-0.1, -0.05) is 51.2 Å². The van der Waals surface area contributed by atoms with E-state index in [-0.39, 0.29) is 5.41 Å². The molecule has 0 aliphatic rings. The first kappa shape index (κ1) is 17.4. The summed E-state index contributed by atoms with van der Waals surface area (Å²) in [6, 6.07) is 13.6. The fourth-order valence-electron chi connectivity index (χ4n) is 2.49. The topological polar surface area (TPSA) is 55.5 Å². The summed E-state index contributed by atoms with van der Waals surface area (Å²) >= 11 is 0. The smallest absolute Gasteiger partial charge is 0.124 e. The fourth-order valence-corrected chi connectivity index (χ4v) is 4.25. The van der Waals surface area contributed by atoms with Gasteiger partial charge in [-0.3, -0.25) is 0 Å². The van der Waals surface area contributed by atoms with Crippen molar-refractivity contribution in [2.45, 2.75) is 39.3 Å². The highest BCUT2D eigenvalue weighted by Gasteiger charge is 2.25. The van der Waals surface area contributed by atoms with Crippen molar-refractivity contribution in [1.29, 1.82) is 0 Å². The summed E-state index contributed by atoms with van der Waals surface area (Å²) in [7, 11) is -1.70. The van der Waals surface area contributed by atoms with Crippen LogP contribution in [0.5, 0.6) is 11.5 Å². The molecule has 23 heavy (non-hydrogen) atoms. The van der Waals surface area contributed by atoms with Gasteiger partial charge < -0.3 is 15.6 Å². The van der Waals surface area contributed by atoms with E-state index in [4.69, 9.17) is 10.5 Å². The molecule has 2 rings (SSSR count). The molecule has 0 fully saturated rings. The lowest BCUT2D eigenvalue weighted by atomic mass is 9.86. The second-order valence-electron chi connectivity index (χ2n) is 7.72. The van der Waals surface area contributed by atoms with Crippen molar-refractivity contribution in [2.75, 3.05) is 12.0 Å². The van der Waals surface area contributed by atoms with Crippen LogP contribution in [0.4, 0.5) is 5.69 Å². The van der Waals surface area contributed by atoms with E-state index >= 15 is 0 Å². The third-order valence-corrected chi connectivity index (χ3v) is 6.83. The SMILES string of the molecule is CC(C)(C)c1cc(OC[Si](C)(C)c2ccc(N)cc2)ccc1O. The van der Waals surface area contributed by atoms with Crippen LogP contribution in [0.3, 0.4) is 0 Å². The predicted octanol–water partition coefficient (Wildman–Crippen LogP) is 3.81. The molecule has 0 aromatic heterocycles. The number of rotatable bonds is 4. The molecule has 3 N–H and O–H groups in total. The number of nitrogen functional groups attached to an aromatic ring is 1. The molecule has 0 aliphatic heterocycles. The monoisotopic (exact) mass is 329 g/mol. The van der Waals surface area contributed by atoms with E-state index < -0.39 is 8.07 Å². The highest BCUT2D eigenvalue weighted by Crippen LogP contribution is 2.33. The van der Waals surface area contributed by atoms with Crippen LogP contribution in [0.15, 0.2) is 42.5 Å². The molecular weight excluding hydrogens is 302 g/mol. The van der Waals surface area contributed by atoms with Crippen molar-refractivity contribution in [1.82, 2.24) is 0 Å². The van der Waals surface area contributed by atoms with E-state index in [0.717, 1.165) is 17.0 Å². The van der Waals surface area contributed by atoms with Gasteiger partial charge in [0.15, 0.2) is 0 Å². The lowest BCUT2D eigenvalue weighted by molar-refractivity contribution is 0.374. The van der Waals surface area contributed by atoms with E-state index in [0.29, 0.717) is 12.0 Å². The number of hydrogen-bond acceptors (Lipinski definition) is 3. The molecule has 0 heterocycles. The Morgan fingerprint density at radius 3 is 2.22 bits per heavy atom. The van der Waals surface area contributed by atoms with Crippen molar-refractivity contribution in [2.24, 2.45) is 0 Å². The molecule has 0 spiro atoms. The Morgan fingerprint density at radius 1 is 1.04 bits per heavy atom. The molecule has 0 unspecified atom stereocenters. The Labute approximate surface area is 140 Å². The van der Waals surface area contributed by atoms with Gasteiger partial charge in [0, 0.05) is 11.3 Å². The van der Waals surface area contributed by atoms with Gasteiger partial charge in [0.1, 0.15) is 19.6 Å². The van der Waals surface area contributed by atoms with Gasteiger partial charge in [-0.25, -0.2) is 0 Å². The molecular formula is C19H27NO2Si. The van der Waals surface area contributed by atoms with Crippen molar-refractivity contribution in [3.05, 3.63) is 48.0 Å². The summed E-state index contributed by atoms with van der Waals surface area (Å²) in [5.41, 5.74) is 7.34. The number of nitrogens with two attached hydrogens (primary N) is 1. The zero-order valence-electron chi connectivity index (χ0n) is 14.7. The Morgan fingerprint density at radius 2 is 1.65 bits per heavy atom. The third kappa shape index (κ3) is 4.29.